The van der Waals surface area contributed by atoms with Crippen molar-refractivity contribution in [2.24, 2.45) is 0 Å². The molecule has 0 N–H and O–H groups in total. The smallest absolute Gasteiger partial charge is 0.235 e. The van der Waals surface area contributed by atoms with Crippen molar-refractivity contribution in [3.05, 3.63) is 29.3 Å². The molecule has 0 aromatic heterocycles. The van der Waals surface area contributed by atoms with E-state index in [9.17, 15) is 8.42 Å². The third-order valence-electron chi connectivity index (χ3n) is 2.63. The van der Waals surface area contributed by atoms with E-state index in [0.717, 1.165) is 16.8 Å². The Hall–Kier alpha value is -1.03. The van der Waals surface area contributed by atoms with E-state index in [1.165, 1.54) is 4.31 Å². The van der Waals surface area contributed by atoms with Gasteiger partial charge in [-0.2, -0.15) is 0 Å². The zero-order chi connectivity index (χ0) is 10.3. The second-order valence-corrected chi connectivity index (χ2v) is 5.79. The van der Waals surface area contributed by atoms with E-state index in [1.807, 2.05) is 25.1 Å². The lowest BCUT2D eigenvalue weighted by atomic mass is 10.1. The number of sulfonamides is 1. The number of hydrogen-bond acceptors (Lipinski definition) is 2. The molecule has 0 atom stereocenters. The Bertz CT molecular complexity index is 465. The maximum absolute atomic E-state index is 11.6. The SMILES string of the molecule is Cc1ccc2c(c1)N(C)S(=O)(=O)CC2. The number of rotatable bonds is 0. The van der Waals surface area contributed by atoms with Crippen LogP contribution in [0.15, 0.2) is 18.2 Å². The standard InChI is InChI=1S/C10H13NO2S/c1-8-3-4-9-5-6-14(12,13)11(2)10(9)7-8/h3-4,7H,5-6H2,1-2H3. The number of aryl methyl sites for hydroxylation is 2. The Morgan fingerprint density at radius 2 is 2.07 bits per heavy atom. The maximum Gasteiger partial charge on any atom is 0.235 e. The quantitative estimate of drug-likeness (QED) is 0.649. The van der Waals surface area contributed by atoms with Gasteiger partial charge >= 0.3 is 0 Å². The van der Waals surface area contributed by atoms with Crippen molar-refractivity contribution < 1.29 is 8.42 Å². The van der Waals surface area contributed by atoms with Gasteiger partial charge in [-0.25, -0.2) is 8.42 Å². The van der Waals surface area contributed by atoms with Crippen LogP contribution in [0.25, 0.3) is 0 Å². The van der Waals surface area contributed by atoms with E-state index in [2.05, 4.69) is 0 Å². The molecule has 1 aromatic rings. The van der Waals surface area contributed by atoms with Gasteiger partial charge in [0.15, 0.2) is 0 Å². The first-order valence-corrected chi connectivity index (χ1v) is 6.18. The summed E-state index contributed by atoms with van der Waals surface area (Å²) in [5.74, 6) is 0.222. The van der Waals surface area contributed by atoms with Crippen LogP contribution in [0.3, 0.4) is 0 Å². The molecule has 0 saturated heterocycles. The molecule has 0 spiro atoms. The molecular formula is C10H13NO2S. The summed E-state index contributed by atoms with van der Waals surface area (Å²) in [6.45, 7) is 1.97. The summed E-state index contributed by atoms with van der Waals surface area (Å²) in [5.41, 5.74) is 3.04. The molecule has 1 aromatic carbocycles. The van der Waals surface area contributed by atoms with Gasteiger partial charge in [-0.05, 0) is 30.5 Å². The number of benzene rings is 1. The summed E-state index contributed by atoms with van der Waals surface area (Å²) in [4.78, 5) is 0. The van der Waals surface area contributed by atoms with Crippen molar-refractivity contribution in [1.29, 1.82) is 0 Å². The van der Waals surface area contributed by atoms with Crippen LogP contribution in [-0.2, 0) is 16.4 Å². The second-order valence-electron chi connectivity index (χ2n) is 3.67. The molecular weight excluding hydrogens is 198 g/mol. The molecule has 76 valence electrons. The van der Waals surface area contributed by atoms with Crippen LogP contribution in [0, 0.1) is 6.92 Å². The van der Waals surface area contributed by atoms with Gasteiger partial charge in [0.25, 0.3) is 0 Å². The number of nitrogens with zero attached hydrogens (tertiary/aromatic N) is 1. The van der Waals surface area contributed by atoms with E-state index in [0.29, 0.717) is 6.42 Å². The third-order valence-corrected chi connectivity index (χ3v) is 4.38. The fourth-order valence-corrected chi connectivity index (χ4v) is 2.93. The molecule has 1 aliphatic heterocycles. The molecule has 14 heavy (non-hydrogen) atoms. The highest BCUT2D eigenvalue weighted by Crippen LogP contribution is 2.28. The van der Waals surface area contributed by atoms with Crippen molar-refractivity contribution >= 4 is 15.7 Å². The zero-order valence-corrected chi connectivity index (χ0v) is 9.13. The monoisotopic (exact) mass is 211 g/mol. The van der Waals surface area contributed by atoms with Crippen LogP contribution in [0.4, 0.5) is 5.69 Å². The van der Waals surface area contributed by atoms with Crippen molar-refractivity contribution in [2.45, 2.75) is 13.3 Å². The summed E-state index contributed by atoms with van der Waals surface area (Å²) in [6, 6.07) is 5.95. The highest BCUT2D eigenvalue weighted by atomic mass is 32.2. The Labute approximate surface area is 84.4 Å². The third kappa shape index (κ3) is 1.39. The van der Waals surface area contributed by atoms with Crippen LogP contribution < -0.4 is 4.31 Å². The summed E-state index contributed by atoms with van der Waals surface area (Å²) in [7, 11) is -1.44. The van der Waals surface area contributed by atoms with Gasteiger partial charge in [-0.15, -0.1) is 0 Å². The van der Waals surface area contributed by atoms with Gasteiger partial charge < -0.3 is 0 Å². The number of anilines is 1. The summed E-state index contributed by atoms with van der Waals surface area (Å²) < 4.78 is 24.6. The topological polar surface area (TPSA) is 37.4 Å². The van der Waals surface area contributed by atoms with Crippen molar-refractivity contribution in [1.82, 2.24) is 0 Å². The molecule has 0 bridgehead atoms. The molecule has 1 heterocycles. The summed E-state index contributed by atoms with van der Waals surface area (Å²) >= 11 is 0. The number of fused-ring (bicyclic) bond motifs is 1. The Balaban J connectivity index is 2.59. The first kappa shape index (κ1) is 9.52. The first-order chi connectivity index (χ1) is 6.50. The van der Waals surface area contributed by atoms with E-state index >= 15 is 0 Å². The molecule has 3 nitrogen and oxygen atoms in total. The molecule has 0 aliphatic carbocycles. The molecule has 0 saturated carbocycles. The first-order valence-electron chi connectivity index (χ1n) is 4.57. The normalized spacial score (nSPS) is 19.1. The maximum atomic E-state index is 11.6. The molecule has 0 amide bonds. The minimum Gasteiger partial charge on any atom is -0.273 e. The van der Waals surface area contributed by atoms with E-state index < -0.39 is 10.0 Å². The van der Waals surface area contributed by atoms with Crippen LogP contribution >= 0.6 is 0 Å². The fraction of sp³-hybridized carbons (Fsp3) is 0.400. The highest BCUT2D eigenvalue weighted by molar-refractivity contribution is 7.92. The minimum absolute atomic E-state index is 0.222. The Morgan fingerprint density at radius 1 is 1.36 bits per heavy atom. The molecule has 0 radical (unpaired) electrons. The Morgan fingerprint density at radius 3 is 2.79 bits per heavy atom. The van der Waals surface area contributed by atoms with Gasteiger partial charge in [0.2, 0.25) is 10.0 Å². The second kappa shape index (κ2) is 2.98. The lowest BCUT2D eigenvalue weighted by Gasteiger charge is -2.27. The Kier molecular flexibility index (Phi) is 2.03. The van der Waals surface area contributed by atoms with Gasteiger partial charge in [0, 0.05) is 7.05 Å². The lowest BCUT2D eigenvalue weighted by Crippen LogP contribution is -2.34. The van der Waals surface area contributed by atoms with Gasteiger partial charge in [-0.1, -0.05) is 12.1 Å². The van der Waals surface area contributed by atoms with Crippen LogP contribution in [0.5, 0.6) is 0 Å². The molecule has 4 heteroatoms. The summed E-state index contributed by atoms with van der Waals surface area (Å²) in [5, 5.41) is 0. The van der Waals surface area contributed by atoms with Gasteiger partial charge in [0.1, 0.15) is 0 Å². The molecule has 0 fully saturated rings. The van der Waals surface area contributed by atoms with Crippen molar-refractivity contribution in [3.8, 4) is 0 Å². The van der Waals surface area contributed by atoms with E-state index in [1.54, 1.807) is 7.05 Å². The predicted molar refractivity (Wildman–Crippen MR) is 57.1 cm³/mol. The largest absolute Gasteiger partial charge is 0.273 e. The fourth-order valence-electron chi connectivity index (χ4n) is 1.70. The van der Waals surface area contributed by atoms with Gasteiger partial charge in [-0.3, -0.25) is 4.31 Å². The van der Waals surface area contributed by atoms with Crippen LogP contribution in [0.1, 0.15) is 11.1 Å². The average Bonchev–Trinajstić information content (AvgIpc) is 2.13. The average molecular weight is 211 g/mol. The molecule has 0 unspecified atom stereocenters. The molecule has 1 aliphatic rings. The highest BCUT2D eigenvalue weighted by Gasteiger charge is 2.25. The van der Waals surface area contributed by atoms with Crippen molar-refractivity contribution in [2.75, 3.05) is 17.1 Å². The number of hydrogen-bond donors (Lipinski definition) is 0. The summed E-state index contributed by atoms with van der Waals surface area (Å²) in [6.07, 6.45) is 0.627. The van der Waals surface area contributed by atoms with E-state index in [4.69, 9.17) is 0 Å². The predicted octanol–water partition coefficient (Wildman–Crippen LogP) is 1.32. The van der Waals surface area contributed by atoms with Crippen LogP contribution in [0.2, 0.25) is 0 Å². The zero-order valence-electron chi connectivity index (χ0n) is 8.32. The van der Waals surface area contributed by atoms with Crippen LogP contribution in [-0.4, -0.2) is 21.2 Å². The minimum atomic E-state index is -3.06. The lowest BCUT2D eigenvalue weighted by molar-refractivity contribution is 0.591. The van der Waals surface area contributed by atoms with E-state index in [-0.39, 0.29) is 5.75 Å². The van der Waals surface area contributed by atoms with Gasteiger partial charge in [0.05, 0.1) is 11.4 Å². The molecule has 2 rings (SSSR count). The van der Waals surface area contributed by atoms with Crippen molar-refractivity contribution in [3.63, 3.8) is 0 Å².